The summed E-state index contributed by atoms with van der Waals surface area (Å²) >= 11 is 0. The number of aromatic nitrogens is 1. The van der Waals surface area contributed by atoms with E-state index in [-0.39, 0.29) is 0 Å². The average Bonchev–Trinajstić information content (AvgIpc) is 2.68. The number of morpholine rings is 1. The summed E-state index contributed by atoms with van der Waals surface area (Å²) in [5.74, 6) is 2.05. The maximum Gasteiger partial charge on any atom is 0.209 e. The van der Waals surface area contributed by atoms with Gasteiger partial charge in [-0.3, -0.25) is 4.79 Å². The van der Waals surface area contributed by atoms with Crippen molar-refractivity contribution in [3.8, 4) is 0 Å². The van der Waals surface area contributed by atoms with E-state index in [9.17, 15) is 4.79 Å². The molecule has 3 heterocycles. The fourth-order valence-electron chi connectivity index (χ4n) is 3.40. The van der Waals surface area contributed by atoms with Crippen LogP contribution in [0.1, 0.15) is 0 Å². The summed E-state index contributed by atoms with van der Waals surface area (Å²) in [6, 6.07) is 10.6. The fourth-order valence-corrected chi connectivity index (χ4v) is 3.40. The molecule has 0 aliphatic carbocycles. The van der Waals surface area contributed by atoms with Crippen LogP contribution in [-0.4, -0.2) is 68.8 Å². The SMILES string of the molecule is O=CN1CCN(c2cc3ccccc3c(N3CCOCC3)n2)CC1. The van der Waals surface area contributed by atoms with E-state index in [4.69, 9.17) is 9.72 Å². The molecular weight excluding hydrogens is 304 g/mol. The molecule has 2 fully saturated rings. The zero-order chi connectivity index (χ0) is 16.4. The molecule has 6 nitrogen and oxygen atoms in total. The van der Waals surface area contributed by atoms with E-state index in [0.717, 1.165) is 70.5 Å². The molecular formula is C18H22N4O2. The van der Waals surface area contributed by atoms with Gasteiger partial charge in [-0.25, -0.2) is 4.98 Å². The number of ether oxygens (including phenoxy) is 1. The highest BCUT2D eigenvalue weighted by atomic mass is 16.5. The third-order valence-electron chi connectivity index (χ3n) is 4.80. The van der Waals surface area contributed by atoms with Gasteiger partial charge in [-0.1, -0.05) is 24.3 Å². The van der Waals surface area contributed by atoms with Crippen molar-refractivity contribution in [2.24, 2.45) is 0 Å². The van der Waals surface area contributed by atoms with Gasteiger partial charge >= 0.3 is 0 Å². The topological polar surface area (TPSA) is 48.9 Å². The van der Waals surface area contributed by atoms with Crippen LogP contribution in [0.15, 0.2) is 30.3 Å². The van der Waals surface area contributed by atoms with Gasteiger partial charge in [0, 0.05) is 44.7 Å². The number of pyridine rings is 1. The van der Waals surface area contributed by atoms with E-state index in [1.54, 1.807) is 0 Å². The molecule has 126 valence electrons. The van der Waals surface area contributed by atoms with Gasteiger partial charge < -0.3 is 19.4 Å². The number of hydrogen-bond acceptors (Lipinski definition) is 5. The maximum atomic E-state index is 10.9. The summed E-state index contributed by atoms with van der Waals surface area (Å²) in [7, 11) is 0. The Balaban J connectivity index is 1.70. The van der Waals surface area contributed by atoms with Gasteiger partial charge in [-0.2, -0.15) is 0 Å². The first-order valence-electron chi connectivity index (χ1n) is 8.52. The minimum absolute atomic E-state index is 0.748. The standard InChI is InChI=1S/C18H22N4O2/c23-14-20-5-7-21(8-6-20)17-13-15-3-1-2-4-16(15)18(19-17)22-9-11-24-12-10-22/h1-4,13-14H,5-12H2. The first kappa shape index (κ1) is 15.2. The normalized spacial score (nSPS) is 18.9. The molecule has 2 aliphatic rings. The molecule has 24 heavy (non-hydrogen) atoms. The van der Waals surface area contributed by atoms with E-state index in [1.807, 2.05) is 4.90 Å². The third-order valence-corrected chi connectivity index (χ3v) is 4.80. The van der Waals surface area contributed by atoms with Gasteiger partial charge in [0.05, 0.1) is 13.2 Å². The number of benzene rings is 1. The quantitative estimate of drug-likeness (QED) is 0.797. The highest BCUT2D eigenvalue weighted by Crippen LogP contribution is 2.30. The van der Waals surface area contributed by atoms with Crippen molar-refractivity contribution in [3.63, 3.8) is 0 Å². The lowest BCUT2D eigenvalue weighted by molar-refractivity contribution is -0.118. The van der Waals surface area contributed by atoms with Crippen LogP contribution in [0.4, 0.5) is 11.6 Å². The monoisotopic (exact) mass is 326 g/mol. The number of amides is 1. The number of hydrogen-bond donors (Lipinski definition) is 0. The van der Waals surface area contributed by atoms with Gasteiger partial charge in [-0.15, -0.1) is 0 Å². The number of nitrogens with zero attached hydrogens (tertiary/aromatic N) is 4. The molecule has 6 heteroatoms. The van der Waals surface area contributed by atoms with E-state index in [0.29, 0.717) is 0 Å². The van der Waals surface area contributed by atoms with Crippen LogP contribution in [0, 0.1) is 0 Å². The number of fused-ring (bicyclic) bond motifs is 1. The van der Waals surface area contributed by atoms with Gasteiger partial charge in [0.25, 0.3) is 0 Å². The van der Waals surface area contributed by atoms with Crippen LogP contribution >= 0.6 is 0 Å². The summed E-state index contributed by atoms with van der Waals surface area (Å²) in [5.41, 5.74) is 0. The third kappa shape index (κ3) is 2.89. The smallest absolute Gasteiger partial charge is 0.209 e. The van der Waals surface area contributed by atoms with Gasteiger partial charge in [0.1, 0.15) is 11.6 Å². The molecule has 0 saturated carbocycles. The summed E-state index contributed by atoms with van der Waals surface area (Å²) in [5, 5.41) is 2.40. The van der Waals surface area contributed by atoms with Gasteiger partial charge in [0.15, 0.2) is 0 Å². The molecule has 0 spiro atoms. The number of carbonyl (C=O) groups is 1. The van der Waals surface area contributed by atoms with Gasteiger partial charge in [-0.05, 0) is 11.5 Å². The van der Waals surface area contributed by atoms with E-state index in [1.165, 1.54) is 10.8 Å². The minimum Gasteiger partial charge on any atom is -0.378 e. The Labute approximate surface area is 141 Å². The Kier molecular flexibility index (Phi) is 4.21. The molecule has 4 rings (SSSR count). The predicted molar refractivity (Wildman–Crippen MR) is 94.6 cm³/mol. The van der Waals surface area contributed by atoms with Crippen LogP contribution in [-0.2, 0) is 9.53 Å². The van der Waals surface area contributed by atoms with Gasteiger partial charge in [0.2, 0.25) is 6.41 Å². The summed E-state index contributed by atoms with van der Waals surface area (Å²) in [4.78, 5) is 22.3. The van der Waals surface area contributed by atoms with Crippen molar-refractivity contribution in [1.29, 1.82) is 0 Å². The molecule has 2 saturated heterocycles. The Hall–Kier alpha value is -2.34. The molecule has 1 aromatic heterocycles. The second kappa shape index (κ2) is 6.65. The minimum atomic E-state index is 0.748. The van der Waals surface area contributed by atoms with E-state index >= 15 is 0 Å². The van der Waals surface area contributed by atoms with E-state index in [2.05, 4.69) is 40.1 Å². The number of rotatable bonds is 3. The molecule has 0 bridgehead atoms. The lowest BCUT2D eigenvalue weighted by Crippen LogP contribution is -2.46. The van der Waals surface area contributed by atoms with Crippen molar-refractivity contribution in [2.45, 2.75) is 0 Å². The lowest BCUT2D eigenvalue weighted by atomic mass is 10.1. The van der Waals surface area contributed by atoms with Crippen molar-refractivity contribution < 1.29 is 9.53 Å². The summed E-state index contributed by atoms with van der Waals surface area (Å²) < 4.78 is 5.49. The largest absolute Gasteiger partial charge is 0.378 e. The van der Waals surface area contributed by atoms with Crippen LogP contribution in [0.5, 0.6) is 0 Å². The van der Waals surface area contributed by atoms with Crippen molar-refractivity contribution in [1.82, 2.24) is 9.88 Å². The Morgan fingerprint density at radius 2 is 1.71 bits per heavy atom. The maximum absolute atomic E-state index is 10.9. The first-order chi connectivity index (χ1) is 11.8. The first-order valence-corrected chi connectivity index (χ1v) is 8.52. The van der Waals surface area contributed by atoms with Crippen LogP contribution in [0.3, 0.4) is 0 Å². The van der Waals surface area contributed by atoms with E-state index < -0.39 is 0 Å². The Morgan fingerprint density at radius 1 is 0.958 bits per heavy atom. The summed E-state index contributed by atoms with van der Waals surface area (Å²) in [6.45, 7) is 6.41. The second-order valence-electron chi connectivity index (χ2n) is 6.25. The van der Waals surface area contributed by atoms with Crippen molar-refractivity contribution >= 4 is 28.8 Å². The number of anilines is 2. The zero-order valence-corrected chi connectivity index (χ0v) is 13.7. The molecule has 2 aromatic rings. The fraction of sp³-hybridized carbons (Fsp3) is 0.444. The molecule has 0 atom stereocenters. The second-order valence-corrected chi connectivity index (χ2v) is 6.25. The highest BCUT2D eigenvalue weighted by molar-refractivity contribution is 5.94. The molecule has 1 amide bonds. The predicted octanol–water partition coefficient (Wildman–Crippen LogP) is 1.35. The molecule has 2 aliphatic heterocycles. The number of piperazine rings is 1. The zero-order valence-electron chi connectivity index (χ0n) is 13.7. The molecule has 1 aromatic carbocycles. The van der Waals surface area contributed by atoms with Crippen LogP contribution in [0.2, 0.25) is 0 Å². The Morgan fingerprint density at radius 3 is 2.46 bits per heavy atom. The van der Waals surface area contributed by atoms with Crippen LogP contribution in [0.25, 0.3) is 10.8 Å². The van der Waals surface area contributed by atoms with Crippen molar-refractivity contribution in [3.05, 3.63) is 30.3 Å². The summed E-state index contributed by atoms with van der Waals surface area (Å²) in [6.07, 6.45) is 0.935. The molecule has 0 N–H and O–H groups in total. The average molecular weight is 326 g/mol. The lowest BCUT2D eigenvalue weighted by Gasteiger charge is -2.35. The highest BCUT2D eigenvalue weighted by Gasteiger charge is 2.21. The van der Waals surface area contributed by atoms with Crippen molar-refractivity contribution in [2.75, 3.05) is 62.3 Å². The van der Waals surface area contributed by atoms with Crippen LogP contribution < -0.4 is 9.80 Å². The Bertz CT molecular complexity index is 722. The molecule has 0 unspecified atom stereocenters. The number of carbonyl (C=O) groups excluding carboxylic acids is 1. The molecule has 0 radical (unpaired) electrons.